The van der Waals surface area contributed by atoms with E-state index in [0.717, 1.165) is 35.5 Å². The number of carboxylic acids is 1. The van der Waals surface area contributed by atoms with Crippen molar-refractivity contribution in [2.75, 3.05) is 13.7 Å². The van der Waals surface area contributed by atoms with Crippen LogP contribution in [0.25, 0.3) is 11.3 Å². The molecule has 0 radical (unpaired) electrons. The highest BCUT2D eigenvalue weighted by Gasteiger charge is 2.26. The molecule has 0 bridgehead atoms. The van der Waals surface area contributed by atoms with Gasteiger partial charge < -0.3 is 19.2 Å². The summed E-state index contributed by atoms with van der Waals surface area (Å²) >= 11 is 0. The van der Waals surface area contributed by atoms with Crippen molar-refractivity contribution in [3.63, 3.8) is 0 Å². The van der Waals surface area contributed by atoms with Crippen molar-refractivity contribution >= 4 is 11.9 Å². The van der Waals surface area contributed by atoms with Crippen molar-refractivity contribution in [1.29, 1.82) is 0 Å². The fourth-order valence-electron chi connectivity index (χ4n) is 3.50. The number of carbonyl (C=O) groups is 2. The Bertz CT molecular complexity index is 1050. The van der Waals surface area contributed by atoms with Crippen molar-refractivity contribution in [3.8, 4) is 17.1 Å². The molecule has 3 aromatic rings. The van der Waals surface area contributed by atoms with Crippen LogP contribution in [0.4, 0.5) is 0 Å². The fraction of sp³-hybridized carbons (Fsp3) is 0.333. The Labute approximate surface area is 194 Å². The van der Waals surface area contributed by atoms with Crippen LogP contribution in [0.1, 0.15) is 49.0 Å². The van der Waals surface area contributed by atoms with Gasteiger partial charge in [-0.1, -0.05) is 30.3 Å². The van der Waals surface area contributed by atoms with E-state index in [1.165, 1.54) is 0 Å². The maximum absolute atomic E-state index is 12.9. The van der Waals surface area contributed by atoms with Crippen molar-refractivity contribution in [2.24, 2.45) is 5.41 Å². The fourth-order valence-corrected chi connectivity index (χ4v) is 3.50. The maximum Gasteiger partial charge on any atom is 0.309 e. The number of rotatable bonds is 11. The molecule has 3 rings (SSSR count). The van der Waals surface area contributed by atoms with Crippen LogP contribution in [0.2, 0.25) is 0 Å². The van der Waals surface area contributed by atoms with Gasteiger partial charge >= 0.3 is 5.97 Å². The minimum Gasteiger partial charge on any atom is -0.493 e. The number of hydrogen-bond acceptors (Lipinski definition) is 4. The Morgan fingerprint density at radius 3 is 2.39 bits per heavy atom. The van der Waals surface area contributed by atoms with E-state index >= 15 is 0 Å². The summed E-state index contributed by atoms with van der Waals surface area (Å²) in [7, 11) is 1.77. The zero-order valence-corrected chi connectivity index (χ0v) is 19.4. The number of amides is 1. The summed E-state index contributed by atoms with van der Waals surface area (Å²) < 4.78 is 11.4. The highest BCUT2D eigenvalue weighted by Crippen LogP contribution is 2.25. The first kappa shape index (κ1) is 24.1. The van der Waals surface area contributed by atoms with E-state index in [2.05, 4.69) is 0 Å². The molecule has 0 saturated carbocycles. The Morgan fingerprint density at radius 1 is 1.00 bits per heavy atom. The molecule has 0 aliphatic carbocycles. The minimum absolute atomic E-state index is 0.0771. The van der Waals surface area contributed by atoms with Crippen LogP contribution in [-0.4, -0.2) is 35.5 Å². The second-order valence-electron chi connectivity index (χ2n) is 8.82. The summed E-state index contributed by atoms with van der Waals surface area (Å²) in [5.41, 5.74) is 1.72. The second kappa shape index (κ2) is 10.9. The maximum atomic E-state index is 12.9. The van der Waals surface area contributed by atoms with Crippen molar-refractivity contribution in [1.82, 2.24) is 4.90 Å². The van der Waals surface area contributed by atoms with E-state index in [-0.39, 0.29) is 5.91 Å². The third-order valence-corrected chi connectivity index (χ3v) is 5.70. The van der Waals surface area contributed by atoms with E-state index in [9.17, 15) is 14.7 Å². The lowest BCUT2D eigenvalue weighted by Gasteiger charge is -2.20. The molecule has 0 aliphatic heterocycles. The third-order valence-electron chi connectivity index (χ3n) is 5.70. The molecule has 174 valence electrons. The number of para-hydroxylation sites is 1. The highest BCUT2D eigenvalue weighted by atomic mass is 16.5. The number of benzene rings is 2. The smallest absolute Gasteiger partial charge is 0.309 e. The van der Waals surface area contributed by atoms with Gasteiger partial charge in [-0.05, 0) is 63.4 Å². The summed E-state index contributed by atoms with van der Waals surface area (Å²) in [6.45, 7) is 4.39. The lowest BCUT2D eigenvalue weighted by atomic mass is 9.87. The monoisotopic (exact) mass is 449 g/mol. The first-order chi connectivity index (χ1) is 15.8. The van der Waals surface area contributed by atoms with Gasteiger partial charge in [0.05, 0.1) is 18.3 Å². The Hall–Kier alpha value is -3.54. The van der Waals surface area contributed by atoms with Crippen molar-refractivity contribution < 1.29 is 23.8 Å². The quantitative estimate of drug-likeness (QED) is 0.370. The minimum atomic E-state index is -0.780. The zero-order chi connectivity index (χ0) is 23.8. The van der Waals surface area contributed by atoms with Gasteiger partial charge in [0, 0.05) is 30.3 Å². The van der Waals surface area contributed by atoms with Gasteiger partial charge in [-0.2, -0.15) is 0 Å². The van der Waals surface area contributed by atoms with Crippen LogP contribution in [-0.2, 0) is 11.3 Å². The molecule has 33 heavy (non-hydrogen) atoms. The van der Waals surface area contributed by atoms with E-state index < -0.39 is 11.4 Å². The van der Waals surface area contributed by atoms with Gasteiger partial charge in [0.25, 0.3) is 5.91 Å². The van der Waals surface area contributed by atoms with E-state index in [4.69, 9.17) is 9.15 Å². The average Bonchev–Trinajstić information content (AvgIpc) is 3.34. The second-order valence-corrected chi connectivity index (χ2v) is 8.82. The van der Waals surface area contributed by atoms with Gasteiger partial charge in [0.1, 0.15) is 11.5 Å². The SMILES string of the molecule is CN(Cc1ccccc1OCCCCC(C)(C)C(=O)O)C(=O)c1ccc(-c2ccco2)cc1. The van der Waals surface area contributed by atoms with Crippen LogP contribution < -0.4 is 4.74 Å². The number of unbranched alkanes of at least 4 members (excludes halogenated alkanes) is 1. The largest absolute Gasteiger partial charge is 0.493 e. The molecule has 0 aliphatic rings. The Morgan fingerprint density at radius 2 is 1.73 bits per heavy atom. The number of furan rings is 1. The van der Waals surface area contributed by atoms with Gasteiger partial charge in [-0.3, -0.25) is 9.59 Å². The summed E-state index contributed by atoms with van der Waals surface area (Å²) in [5.74, 6) is 0.645. The first-order valence-corrected chi connectivity index (χ1v) is 11.1. The number of carboxylic acid groups (broad SMARTS) is 1. The normalized spacial score (nSPS) is 11.2. The molecule has 1 amide bonds. The van der Waals surface area contributed by atoms with Crippen LogP contribution in [0, 0.1) is 5.41 Å². The molecule has 6 heteroatoms. The Balaban J connectivity index is 1.55. The molecule has 0 fully saturated rings. The molecule has 1 heterocycles. The molecule has 0 atom stereocenters. The summed E-state index contributed by atoms with van der Waals surface area (Å²) in [6, 6.07) is 18.8. The van der Waals surface area contributed by atoms with Crippen LogP contribution >= 0.6 is 0 Å². The number of nitrogens with zero attached hydrogens (tertiary/aromatic N) is 1. The molecule has 6 nitrogen and oxygen atoms in total. The molecular weight excluding hydrogens is 418 g/mol. The number of hydrogen-bond donors (Lipinski definition) is 1. The number of aliphatic carboxylic acids is 1. The van der Waals surface area contributed by atoms with Crippen molar-refractivity contribution in [3.05, 3.63) is 78.1 Å². The average molecular weight is 450 g/mol. The number of carbonyl (C=O) groups excluding carboxylic acids is 1. The predicted octanol–water partition coefficient (Wildman–Crippen LogP) is 5.88. The van der Waals surface area contributed by atoms with Gasteiger partial charge in [-0.15, -0.1) is 0 Å². The lowest BCUT2D eigenvalue weighted by Crippen LogP contribution is -2.26. The predicted molar refractivity (Wildman–Crippen MR) is 127 cm³/mol. The summed E-state index contributed by atoms with van der Waals surface area (Å²) in [4.78, 5) is 25.8. The van der Waals surface area contributed by atoms with E-state index in [1.54, 1.807) is 44.2 Å². The van der Waals surface area contributed by atoms with Crippen LogP contribution in [0.3, 0.4) is 0 Å². The first-order valence-electron chi connectivity index (χ1n) is 11.1. The van der Waals surface area contributed by atoms with Crippen LogP contribution in [0.15, 0.2) is 71.3 Å². The van der Waals surface area contributed by atoms with E-state index in [1.807, 2.05) is 48.5 Å². The standard InChI is InChI=1S/C27H31NO5/c1-27(2,26(30)31)16-6-7-17-32-24-10-5-4-9-22(24)19-28(3)25(29)21-14-12-20(13-15-21)23-11-8-18-33-23/h4-5,8-15,18H,6-7,16-17,19H2,1-3H3,(H,30,31). The highest BCUT2D eigenvalue weighted by molar-refractivity contribution is 5.94. The molecule has 1 aromatic heterocycles. The van der Waals surface area contributed by atoms with E-state index in [0.29, 0.717) is 25.1 Å². The molecule has 0 spiro atoms. The van der Waals surface area contributed by atoms with Gasteiger partial charge in [-0.25, -0.2) is 0 Å². The Kier molecular flexibility index (Phi) is 7.93. The van der Waals surface area contributed by atoms with Gasteiger partial charge in [0.15, 0.2) is 0 Å². The summed E-state index contributed by atoms with van der Waals surface area (Å²) in [6.07, 6.45) is 3.76. The zero-order valence-electron chi connectivity index (χ0n) is 19.4. The molecular formula is C27H31NO5. The molecule has 1 N–H and O–H groups in total. The topological polar surface area (TPSA) is 80.0 Å². The molecule has 0 saturated heterocycles. The number of ether oxygens (including phenoxy) is 1. The van der Waals surface area contributed by atoms with Crippen molar-refractivity contribution in [2.45, 2.75) is 39.7 Å². The molecule has 0 unspecified atom stereocenters. The summed E-state index contributed by atoms with van der Waals surface area (Å²) in [5, 5.41) is 9.21. The third kappa shape index (κ3) is 6.48. The lowest BCUT2D eigenvalue weighted by molar-refractivity contribution is -0.147. The molecule has 2 aromatic carbocycles. The van der Waals surface area contributed by atoms with Crippen LogP contribution in [0.5, 0.6) is 5.75 Å². The van der Waals surface area contributed by atoms with Gasteiger partial charge in [0.2, 0.25) is 0 Å².